The number of hydrogen-bond donors (Lipinski definition) is 0. The summed E-state index contributed by atoms with van der Waals surface area (Å²) >= 11 is 6.10. The second-order valence-electron chi connectivity index (χ2n) is 6.57. The van der Waals surface area contributed by atoms with Gasteiger partial charge in [-0.15, -0.1) is 0 Å². The van der Waals surface area contributed by atoms with Crippen LogP contribution in [0, 0.1) is 0 Å². The third kappa shape index (κ3) is 3.19. The fraction of sp³-hybridized carbons (Fsp3) is 0.0435. The van der Waals surface area contributed by atoms with Crippen LogP contribution in [0.2, 0.25) is 5.02 Å². The molecular formula is C23H16ClN3O. The molecule has 0 N–H and O–H groups in total. The van der Waals surface area contributed by atoms with Gasteiger partial charge in [0.1, 0.15) is 11.2 Å². The molecule has 0 radical (unpaired) electrons. The lowest BCUT2D eigenvalue weighted by atomic mass is 10.1. The number of rotatable bonds is 4. The van der Waals surface area contributed by atoms with E-state index in [0.29, 0.717) is 23.0 Å². The number of benzene rings is 3. The van der Waals surface area contributed by atoms with Crippen molar-refractivity contribution in [2.45, 2.75) is 6.54 Å². The molecule has 0 unspecified atom stereocenters. The van der Waals surface area contributed by atoms with Gasteiger partial charge in [-0.1, -0.05) is 72.3 Å². The summed E-state index contributed by atoms with van der Waals surface area (Å²) in [6.45, 7) is 0.673. The van der Waals surface area contributed by atoms with E-state index in [1.54, 1.807) is 12.1 Å². The van der Waals surface area contributed by atoms with Gasteiger partial charge in [0.25, 0.3) is 0 Å². The summed E-state index contributed by atoms with van der Waals surface area (Å²) < 4.78 is 7.94. The molecule has 3 aromatic carbocycles. The van der Waals surface area contributed by atoms with Crippen LogP contribution >= 0.6 is 11.6 Å². The molecule has 0 saturated heterocycles. The number of aromatic nitrogens is 3. The molecule has 5 aromatic rings. The molecule has 0 bridgehead atoms. The van der Waals surface area contributed by atoms with Crippen LogP contribution in [-0.4, -0.2) is 14.8 Å². The Labute approximate surface area is 167 Å². The van der Waals surface area contributed by atoms with Crippen LogP contribution in [0.5, 0.6) is 0 Å². The normalized spacial score (nSPS) is 11.2. The van der Waals surface area contributed by atoms with Crippen LogP contribution in [0.4, 0.5) is 0 Å². The quantitative estimate of drug-likeness (QED) is 0.377. The lowest BCUT2D eigenvalue weighted by Gasteiger charge is -2.01. The van der Waals surface area contributed by atoms with Gasteiger partial charge < -0.3 is 4.42 Å². The Morgan fingerprint density at radius 3 is 2.43 bits per heavy atom. The molecule has 0 saturated carbocycles. The zero-order chi connectivity index (χ0) is 18.9. The fourth-order valence-electron chi connectivity index (χ4n) is 3.25. The van der Waals surface area contributed by atoms with Crippen LogP contribution in [0.25, 0.3) is 33.8 Å². The molecule has 0 aliphatic heterocycles. The minimum atomic E-state index is 0.537. The van der Waals surface area contributed by atoms with Gasteiger partial charge in [0, 0.05) is 16.8 Å². The lowest BCUT2D eigenvalue weighted by molar-refractivity contribution is 0.619. The summed E-state index contributed by atoms with van der Waals surface area (Å²) in [5.41, 5.74) is 5.33. The average Bonchev–Trinajstić information content (AvgIpc) is 3.33. The summed E-state index contributed by atoms with van der Waals surface area (Å²) in [4.78, 5) is 4.65. The number of hydrogen-bond acceptors (Lipinski definition) is 3. The van der Waals surface area contributed by atoms with E-state index in [0.717, 1.165) is 22.3 Å². The summed E-state index contributed by atoms with van der Waals surface area (Å²) in [6.07, 6.45) is 1.99. The molecule has 136 valence electrons. The summed E-state index contributed by atoms with van der Waals surface area (Å²) in [6, 6.07) is 25.8. The Morgan fingerprint density at radius 2 is 1.64 bits per heavy atom. The highest BCUT2D eigenvalue weighted by Crippen LogP contribution is 2.33. The number of fused-ring (bicyclic) bond motifs is 1. The third-order valence-corrected chi connectivity index (χ3v) is 4.81. The second-order valence-corrected chi connectivity index (χ2v) is 7.01. The summed E-state index contributed by atoms with van der Waals surface area (Å²) in [5, 5.41) is 5.47. The molecule has 0 spiro atoms. The number of halogens is 1. The minimum absolute atomic E-state index is 0.537. The molecule has 4 nitrogen and oxygen atoms in total. The second kappa shape index (κ2) is 6.98. The van der Waals surface area contributed by atoms with E-state index in [1.165, 1.54) is 5.56 Å². The first kappa shape index (κ1) is 16.8. The standard InChI is InChI=1S/C23H16ClN3O/c24-18-11-12-21-20(13-18)25-23(28-21)19-15-27(14-16-7-3-1-4-8-16)26-22(19)17-9-5-2-6-10-17/h1-13,15H,14H2. The predicted octanol–water partition coefficient (Wildman–Crippen LogP) is 6.06. The molecule has 0 amide bonds. The SMILES string of the molecule is Clc1ccc2oc(-c3cn(Cc4ccccc4)nc3-c3ccccc3)nc2c1. The van der Waals surface area contributed by atoms with Gasteiger partial charge in [-0.3, -0.25) is 4.68 Å². The molecule has 0 aliphatic rings. The smallest absolute Gasteiger partial charge is 0.231 e. The largest absolute Gasteiger partial charge is 0.436 e. The van der Waals surface area contributed by atoms with Gasteiger partial charge in [0.15, 0.2) is 5.58 Å². The van der Waals surface area contributed by atoms with Crippen molar-refractivity contribution < 1.29 is 4.42 Å². The molecule has 0 atom stereocenters. The maximum atomic E-state index is 6.10. The maximum absolute atomic E-state index is 6.10. The van der Waals surface area contributed by atoms with Crippen molar-refractivity contribution in [1.29, 1.82) is 0 Å². The van der Waals surface area contributed by atoms with Gasteiger partial charge >= 0.3 is 0 Å². The van der Waals surface area contributed by atoms with Crippen molar-refractivity contribution in [1.82, 2.24) is 14.8 Å². The Balaban J connectivity index is 1.64. The third-order valence-electron chi connectivity index (χ3n) is 4.58. The molecule has 2 heterocycles. The van der Waals surface area contributed by atoms with Gasteiger partial charge in [-0.25, -0.2) is 4.98 Å². The van der Waals surface area contributed by atoms with Crippen LogP contribution in [0.1, 0.15) is 5.56 Å². The molecule has 0 aliphatic carbocycles. The minimum Gasteiger partial charge on any atom is -0.436 e. The fourth-order valence-corrected chi connectivity index (χ4v) is 3.42. The first-order valence-corrected chi connectivity index (χ1v) is 9.37. The molecular weight excluding hydrogens is 370 g/mol. The zero-order valence-electron chi connectivity index (χ0n) is 14.9. The van der Waals surface area contributed by atoms with Crippen molar-refractivity contribution in [3.05, 3.63) is 95.6 Å². The van der Waals surface area contributed by atoms with Gasteiger partial charge in [0.05, 0.1) is 12.1 Å². The summed E-state index contributed by atoms with van der Waals surface area (Å²) in [5.74, 6) is 0.537. The Kier molecular flexibility index (Phi) is 4.18. The van der Waals surface area contributed by atoms with E-state index in [4.69, 9.17) is 21.1 Å². The summed E-state index contributed by atoms with van der Waals surface area (Å²) in [7, 11) is 0. The molecule has 0 fully saturated rings. The van der Waals surface area contributed by atoms with Gasteiger partial charge in [0.2, 0.25) is 5.89 Å². The van der Waals surface area contributed by atoms with Crippen molar-refractivity contribution in [2.75, 3.05) is 0 Å². The van der Waals surface area contributed by atoms with Crippen LogP contribution in [0.15, 0.2) is 89.5 Å². The van der Waals surface area contributed by atoms with Crippen molar-refractivity contribution in [2.24, 2.45) is 0 Å². The Bertz CT molecular complexity index is 1240. The van der Waals surface area contributed by atoms with Crippen LogP contribution < -0.4 is 0 Å². The maximum Gasteiger partial charge on any atom is 0.231 e. The van der Waals surface area contributed by atoms with Crippen LogP contribution in [0.3, 0.4) is 0 Å². The molecule has 5 heteroatoms. The topological polar surface area (TPSA) is 43.9 Å². The van der Waals surface area contributed by atoms with E-state index < -0.39 is 0 Å². The number of oxazole rings is 1. The highest BCUT2D eigenvalue weighted by molar-refractivity contribution is 6.31. The van der Waals surface area contributed by atoms with Crippen molar-refractivity contribution in [3.63, 3.8) is 0 Å². The van der Waals surface area contributed by atoms with Crippen molar-refractivity contribution in [3.8, 4) is 22.7 Å². The van der Waals surface area contributed by atoms with E-state index in [9.17, 15) is 0 Å². The lowest BCUT2D eigenvalue weighted by Crippen LogP contribution is -1.99. The first-order valence-electron chi connectivity index (χ1n) is 8.99. The highest BCUT2D eigenvalue weighted by Gasteiger charge is 2.18. The first-order chi connectivity index (χ1) is 13.8. The van der Waals surface area contributed by atoms with Gasteiger partial charge in [-0.2, -0.15) is 5.10 Å². The van der Waals surface area contributed by atoms with E-state index in [2.05, 4.69) is 17.1 Å². The van der Waals surface area contributed by atoms with E-state index >= 15 is 0 Å². The van der Waals surface area contributed by atoms with Crippen LogP contribution in [-0.2, 0) is 6.54 Å². The Morgan fingerprint density at radius 1 is 0.893 bits per heavy atom. The number of nitrogens with zero attached hydrogens (tertiary/aromatic N) is 3. The predicted molar refractivity (Wildman–Crippen MR) is 111 cm³/mol. The Hall–Kier alpha value is -3.37. The molecule has 5 rings (SSSR count). The molecule has 28 heavy (non-hydrogen) atoms. The highest BCUT2D eigenvalue weighted by atomic mass is 35.5. The van der Waals surface area contributed by atoms with Crippen molar-refractivity contribution >= 4 is 22.7 Å². The van der Waals surface area contributed by atoms with Gasteiger partial charge in [-0.05, 0) is 23.8 Å². The zero-order valence-corrected chi connectivity index (χ0v) is 15.7. The van der Waals surface area contributed by atoms with E-state index in [1.807, 2.05) is 65.5 Å². The van der Waals surface area contributed by atoms with E-state index in [-0.39, 0.29) is 0 Å². The monoisotopic (exact) mass is 385 g/mol. The molecule has 2 aromatic heterocycles. The average molecular weight is 386 g/mol.